The van der Waals surface area contributed by atoms with Gasteiger partial charge < -0.3 is 14.5 Å². The topological polar surface area (TPSA) is 69.6 Å². The van der Waals surface area contributed by atoms with Crippen molar-refractivity contribution < 1.29 is 9.64 Å². The molecule has 0 unspecified atom stereocenters. The van der Waals surface area contributed by atoms with Gasteiger partial charge in [0.1, 0.15) is 5.75 Å². The zero-order valence-electron chi connectivity index (χ0n) is 16.3. The van der Waals surface area contributed by atoms with E-state index >= 15 is 0 Å². The predicted octanol–water partition coefficient (Wildman–Crippen LogP) is 0.844. The van der Waals surface area contributed by atoms with Crippen molar-refractivity contribution in [1.29, 1.82) is 0 Å². The number of anilines is 1. The second-order valence-corrected chi connectivity index (χ2v) is 7.33. The van der Waals surface area contributed by atoms with E-state index in [9.17, 15) is 4.79 Å². The summed E-state index contributed by atoms with van der Waals surface area (Å²) in [5.74, 6) is 0.914. The Morgan fingerprint density at radius 2 is 1.72 bits per heavy atom. The van der Waals surface area contributed by atoms with E-state index in [1.807, 2.05) is 37.3 Å². The van der Waals surface area contributed by atoms with E-state index in [-0.39, 0.29) is 5.69 Å². The Labute approximate surface area is 173 Å². The van der Waals surface area contributed by atoms with Crippen LogP contribution in [0.15, 0.2) is 53.3 Å². The molecule has 0 amide bonds. The number of hydrogen-bond acceptors (Lipinski definition) is 5. The Bertz CT molecular complexity index is 1030. The molecule has 8 nitrogen and oxygen atoms in total. The van der Waals surface area contributed by atoms with Gasteiger partial charge in [0, 0.05) is 0 Å². The lowest BCUT2D eigenvalue weighted by Gasteiger charge is -2.34. The van der Waals surface area contributed by atoms with Gasteiger partial charge in [-0.2, -0.15) is 4.68 Å². The third-order valence-corrected chi connectivity index (χ3v) is 5.39. The van der Waals surface area contributed by atoms with E-state index in [1.165, 1.54) is 14.3 Å². The zero-order chi connectivity index (χ0) is 20.2. The van der Waals surface area contributed by atoms with Gasteiger partial charge in [0.15, 0.2) is 6.67 Å². The molecule has 1 fully saturated rings. The summed E-state index contributed by atoms with van der Waals surface area (Å²) in [6.45, 7) is 6.67. The SMILES string of the molecule is CCOc1ccccc1N1CC[NH+](Cn2nnn(-c3ccccc3Cl)c2=O)CC1. The first-order chi connectivity index (χ1) is 14.2. The summed E-state index contributed by atoms with van der Waals surface area (Å²) in [6, 6.07) is 15.2. The van der Waals surface area contributed by atoms with Gasteiger partial charge in [-0.25, -0.2) is 4.79 Å². The van der Waals surface area contributed by atoms with Crippen LogP contribution >= 0.6 is 11.6 Å². The van der Waals surface area contributed by atoms with Crippen molar-refractivity contribution in [2.45, 2.75) is 13.6 Å². The minimum absolute atomic E-state index is 0.283. The van der Waals surface area contributed by atoms with E-state index in [0.717, 1.165) is 37.6 Å². The number of quaternary nitrogens is 1. The number of rotatable bonds is 6. The highest BCUT2D eigenvalue weighted by Crippen LogP contribution is 2.27. The number of tetrazole rings is 1. The largest absolute Gasteiger partial charge is 0.492 e. The average Bonchev–Trinajstić information content (AvgIpc) is 3.10. The molecule has 4 rings (SSSR count). The molecule has 0 bridgehead atoms. The van der Waals surface area contributed by atoms with Gasteiger partial charge in [0.25, 0.3) is 0 Å². The fraction of sp³-hybridized carbons (Fsp3) is 0.350. The van der Waals surface area contributed by atoms with Gasteiger partial charge in [-0.15, -0.1) is 4.68 Å². The molecule has 1 aliphatic rings. The van der Waals surface area contributed by atoms with E-state index < -0.39 is 0 Å². The molecule has 9 heteroatoms. The van der Waals surface area contributed by atoms with Crippen LogP contribution < -0.4 is 20.2 Å². The van der Waals surface area contributed by atoms with Crippen molar-refractivity contribution in [3.05, 3.63) is 64.0 Å². The molecule has 1 saturated heterocycles. The van der Waals surface area contributed by atoms with Crippen LogP contribution in [0, 0.1) is 0 Å². The molecule has 1 aliphatic heterocycles. The van der Waals surface area contributed by atoms with Crippen LogP contribution in [0.4, 0.5) is 5.69 Å². The third kappa shape index (κ3) is 4.13. The van der Waals surface area contributed by atoms with E-state index in [2.05, 4.69) is 21.4 Å². The highest BCUT2D eigenvalue weighted by atomic mass is 35.5. The summed E-state index contributed by atoms with van der Waals surface area (Å²) < 4.78 is 8.41. The summed E-state index contributed by atoms with van der Waals surface area (Å²) in [7, 11) is 0. The van der Waals surface area contributed by atoms with Crippen molar-refractivity contribution in [2.75, 3.05) is 37.7 Å². The van der Waals surface area contributed by atoms with Crippen LogP contribution in [-0.2, 0) is 6.67 Å². The summed E-state index contributed by atoms with van der Waals surface area (Å²) >= 11 is 6.18. The molecule has 152 valence electrons. The molecular formula is C20H24ClN6O2+. The number of ether oxygens (including phenoxy) is 1. The highest BCUT2D eigenvalue weighted by Gasteiger charge is 2.24. The first-order valence-corrected chi connectivity index (χ1v) is 10.1. The Morgan fingerprint density at radius 3 is 2.45 bits per heavy atom. The third-order valence-electron chi connectivity index (χ3n) is 5.07. The summed E-state index contributed by atoms with van der Waals surface area (Å²) in [4.78, 5) is 16.3. The number of nitrogens with one attached hydrogen (secondary N) is 1. The molecule has 1 N–H and O–H groups in total. The monoisotopic (exact) mass is 415 g/mol. The summed E-state index contributed by atoms with van der Waals surface area (Å²) in [5, 5.41) is 8.51. The van der Waals surface area contributed by atoms with Crippen LogP contribution in [0.3, 0.4) is 0 Å². The molecule has 3 aromatic rings. The minimum atomic E-state index is -0.283. The molecular weight excluding hydrogens is 392 g/mol. The summed E-state index contributed by atoms with van der Waals surface area (Å²) in [6.07, 6.45) is 0. The van der Waals surface area contributed by atoms with Crippen LogP contribution in [0.25, 0.3) is 5.69 Å². The van der Waals surface area contributed by atoms with E-state index in [0.29, 0.717) is 24.0 Å². The number of para-hydroxylation sites is 3. The first kappa shape index (κ1) is 19.5. The van der Waals surface area contributed by atoms with Crippen molar-refractivity contribution in [1.82, 2.24) is 19.8 Å². The van der Waals surface area contributed by atoms with Crippen molar-refractivity contribution in [2.24, 2.45) is 0 Å². The van der Waals surface area contributed by atoms with Gasteiger partial charge in [0.05, 0.1) is 49.2 Å². The zero-order valence-corrected chi connectivity index (χ0v) is 17.0. The highest BCUT2D eigenvalue weighted by molar-refractivity contribution is 6.32. The lowest BCUT2D eigenvalue weighted by Crippen LogP contribution is -3.14. The quantitative estimate of drug-likeness (QED) is 0.646. The number of nitrogens with zero attached hydrogens (tertiary/aromatic N) is 5. The van der Waals surface area contributed by atoms with Crippen LogP contribution in [0.2, 0.25) is 5.02 Å². The number of aromatic nitrogens is 4. The second-order valence-electron chi connectivity index (χ2n) is 6.92. The standard InChI is InChI=1S/C20H23ClN6O2/c1-2-29-19-10-6-5-9-18(19)25-13-11-24(12-14-25)15-26-20(28)27(23-22-26)17-8-4-3-7-16(17)21/h3-10H,2,11-15H2,1H3/p+1. The first-order valence-electron chi connectivity index (χ1n) is 9.75. The van der Waals surface area contributed by atoms with Crippen molar-refractivity contribution >= 4 is 17.3 Å². The maximum Gasteiger partial charge on any atom is 0.373 e. The lowest BCUT2D eigenvalue weighted by molar-refractivity contribution is -0.924. The average molecular weight is 416 g/mol. The van der Waals surface area contributed by atoms with Gasteiger partial charge >= 0.3 is 5.69 Å². The number of piperazine rings is 1. The fourth-order valence-electron chi connectivity index (χ4n) is 3.58. The second kappa shape index (κ2) is 8.67. The van der Waals surface area contributed by atoms with Gasteiger partial charge in [-0.05, 0) is 41.6 Å². The molecule has 2 heterocycles. The van der Waals surface area contributed by atoms with Crippen molar-refractivity contribution in [3.63, 3.8) is 0 Å². The smallest absolute Gasteiger partial charge is 0.373 e. The molecule has 2 aromatic carbocycles. The predicted molar refractivity (Wildman–Crippen MR) is 111 cm³/mol. The van der Waals surface area contributed by atoms with E-state index in [4.69, 9.17) is 16.3 Å². The normalized spacial score (nSPS) is 14.9. The molecule has 0 saturated carbocycles. The molecule has 0 atom stereocenters. The van der Waals surface area contributed by atoms with Crippen LogP contribution in [0.5, 0.6) is 5.75 Å². The Balaban J connectivity index is 1.42. The van der Waals surface area contributed by atoms with Gasteiger partial charge in [-0.1, -0.05) is 35.9 Å². The maximum atomic E-state index is 12.7. The van der Waals surface area contributed by atoms with Crippen LogP contribution in [0.1, 0.15) is 6.92 Å². The molecule has 1 aromatic heterocycles. The van der Waals surface area contributed by atoms with Gasteiger partial charge in [0.2, 0.25) is 0 Å². The molecule has 29 heavy (non-hydrogen) atoms. The maximum absolute atomic E-state index is 12.7. The Kier molecular flexibility index (Phi) is 5.82. The molecule has 0 radical (unpaired) electrons. The lowest BCUT2D eigenvalue weighted by atomic mass is 10.2. The minimum Gasteiger partial charge on any atom is -0.492 e. The number of hydrogen-bond donors (Lipinski definition) is 1. The Morgan fingerprint density at radius 1 is 1.03 bits per heavy atom. The Hall–Kier alpha value is -2.84. The summed E-state index contributed by atoms with van der Waals surface area (Å²) in [5.41, 5.74) is 1.38. The fourth-order valence-corrected chi connectivity index (χ4v) is 3.79. The van der Waals surface area contributed by atoms with E-state index in [1.54, 1.807) is 12.1 Å². The van der Waals surface area contributed by atoms with Crippen LogP contribution in [-0.4, -0.2) is 52.6 Å². The molecule has 0 aliphatic carbocycles. The number of halogens is 1. The van der Waals surface area contributed by atoms with Crippen molar-refractivity contribution in [3.8, 4) is 11.4 Å². The number of benzene rings is 2. The van der Waals surface area contributed by atoms with Gasteiger partial charge in [-0.3, -0.25) is 0 Å². The molecule has 0 spiro atoms.